The fraction of sp³-hybridized carbons (Fsp3) is 0.632. The topological polar surface area (TPSA) is 54.9 Å². The molecule has 2 N–H and O–H groups in total. The summed E-state index contributed by atoms with van der Waals surface area (Å²) in [5.41, 5.74) is 2.43. The van der Waals surface area contributed by atoms with Gasteiger partial charge in [0, 0.05) is 13.6 Å². The van der Waals surface area contributed by atoms with Gasteiger partial charge in [-0.25, -0.2) is 0 Å². The van der Waals surface area contributed by atoms with Crippen molar-refractivity contribution in [1.29, 1.82) is 0 Å². The Balaban J connectivity index is 0.00000225. The molecular weight excluding hydrogens is 429 g/mol. The predicted molar refractivity (Wildman–Crippen MR) is 111 cm³/mol. The van der Waals surface area contributed by atoms with Crippen LogP contribution in [0.25, 0.3) is 0 Å². The van der Waals surface area contributed by atoms with Gasteiger partial charge in [-0.1, -0.05) is 24.3 Å². The molecule has 3 rings (SSSR count). The number of guanidine groups is 1. The zero-order chi connectivity index (χ0) is 16.9. The van der Waals surface area contributed by atoms with E-state index in [-0.39, 0.29) is 30.1 Å². The average molecular weight is 459 g/mol. The molecule has 2 aliphatic rings. The smallest absolute Gasteiger partial charge is 0.191 e. The van der Waals surface area contributed by atoms with Crippen LogP contribution in [0.3, 0.4) is 0 Å². The first-order valence-corrected chi connectivity index (χ1v) is 8.96. The lowest BCUT2D eigenvalue weighted by atomic mass is 9.96. The Kier molecular flexibility index (Phi) is 7.96. The Morgan fingerprint density at radius 2 is 2.12 bits per heavy atom. The van der Waals surface area contributed by atoms with E-state index >= 15 is 0 Å². The molecule has 6 heteroatoms. The summed E-state index contributed by atoms with van der Waals surface area (Å²) in [6, 6.07) is 8.88. The summed E-state index contributed by atoms with van der Waals surface area (Å²) in [5.74, 6) is 0.847. The Hall–Kier alpha value is -0.860. The van der Waals surface area contributed by atoms with Gasteiger partial charge in [0.15, 0.2) is 5.96 Å². The van der Waals surface area contributed by atoms with Crippen molar-refractivity contribution in [2.24, 2.45) is 4.99 Å². The molecule has 140 valence electrons. The molecule has 1 aromatic carbocycles. The van der Waals surface area contributed by atoms with Gasteiger partial charge in [0.05, 0.1) is 31.0 Å². The van der Waals surface area contributed by atoms with Crippen LogP contribution in [0, 0.1) is 0 Å². The van der Waals surface area contributed by atoms with Gasteiger partial charge >= 0.3 is 0 Å². The summed E-state index contributed by atoms with van der Waals surface area (Å²) < 4.78 is 11.6. The highest BCUT2D eigenvalue weighted by atomic mass is 127. The normalized spacial score (nSPS) is 25.1. The molecule has 0 aromatic heterocycles. The second-order valence-corrected chi connectivity index (χ2v) is 6.97. The number of hydrogen-bond acceptors (Lipinski definition) is 3. The monoisotopic (exact) mass is 459 g/mol. The standard InChI is InChI=1S/C19H29N3O2.HI/c1-13(2)23-12-15-6-4-5-14(9-15)11-21-19(20-3)22-17-10-16-7-8-18(17)24-16;/h4-6,9,13,16-18H,7-8,10-12H2,1-3H3,(H2,20,21,22);1H. The van der Waals surface area contributed by atoms with Crippen LogP contribution in [-0.2, 0) is 22.6 Å². The number of nitrogens with one attached hydrogen (secondary N) is 2. The molecule has 2 heterocycles. The van der Waals surface area contributed by atoms with E-state index in [1.807, 2.05) is 7.05 Å². The second-order valence-electron chi connectivity index (χ2n) is 6.97. The van der Waals surface area contributed by atoms with Gasteiger partial charge in [-0.15, -0.1) is 24.0 Å². The Bertz CT molecular complexity index is 580. The van der Waals surface area contributed by atoms with Crippen molar-refractivity contribution in [3.63, 3.8) is 0 Å². The highest BCUT2D eigenvalue weighted by Gasteiger charge is 2.41. The van der Waals surface area contributed by atoms with Gasteiger partial charge < -0.3 is 20.1 Å². The second kappa shape index (κ2) is 9.73. The quantitative estimate of drug-likeness (QED) is 0.390. The van der Waals surface area contributed by atoms with Crippen LogP contribution < -0.4 is 10.6 Å². The maximum atomic E-state index is 5.90. The number of hydrogen-bond donors (Lipinski definition) is 2. The van der Waals surface area contributed by atoms with Gasteiger partial charge in [-0.05, 0) is 44.2 Å². The summed E-state index contributed by atoms with van der Waals surface area (Å²) in [4.78, 5) is 4.35. The van der Waals surface area contributed by atoms with Gasteiger partial charge in [-0.3, -0.25) is 4.99 Å². The zero-order valence-electron chi connectivity index (χ0n) is 15.3. The largest absolute Gasteiger partial charge is 0.374 e. The van der Waals surface area contributed by atoms with E-state index in [0.29, 0.717) is 24.9 Å². The van der Waals surface area contributed by atoms with E-state index in [1.54, 1.807) is 0 Å². The molecule has 25 heavy (non-hydrogen) atoms. The maximum Gasteiger partial charge on any atom is 0.191 e. The Labute approximate surface area is 168 Å². The molecule has 0 aliphatic carbocycles. The first-order chi connectivity index (χ1) is 11.6. The molecule has 2 bridgehead atoms. The molecule has 3 unspecified atom stereocenters. The number of benzene rings is 1. The molecule has 3 atom stereocenters. The first kappa shape index (κ1) is 20.5. The molecule has 0 spiro atoms. The number of aliphatic imine (C=N–C) groups is 1. The third-order valence-corrected chi connectivity index (χ3v) is 4.69. The lowest BCUT2D eigenvalue weighted by Crippen LogP contribution is -2.47. The molecule has 5 nitrogen and oxygen atoms in total. The fourth-order valence-corrected chi connectivity index (χ4v) is 3.44. The van der Waals surface area contributed by atoms with Crippen molar-refractivity contribution in [1.82, 2.24) is 10.6 Å². The van der Waals surface area contributed by atoms with E-state index in [4.69, 9.17) is 9.47 Å². The maximum absolute atomic E-state index is 5.90. The zero-order valence-corrected chi connectivity index (χ0v) is 17.7. The molecule has 0 amide bonds. The predicted octanol–water partition coefficient (Wildman–Crippen LogP) is 3.21. The fourth-order valence-electron chi connectivity index (χ4n) is 3.44. The van der Waals surface area contributed by atoms with E-state index in [2.05, 4.69) is 53.7 Å². The Morgan fingerprint density at radius 3 is 2.76 bits per heavy atom. The first-order valence-electron chi connectivity index (χ1n) is 8.96. The number of ether oxygens (including phenoxy) is 2. The van der Waals surface area contributed by atoms with Gasteiger partial charge in [0.2, 0.25) is 0 Å². The van der Waals surface area contributed by atoms with Crippen LogP contribution in [-0.4, -0.2) is 37.4 Å². The number of halogens is 1. The van der Waals surface area contributed by atoms with Crippen molar-refractivity contribution in [2.45, 2.75) is 70.6 Å². The van der Waals surface area contributed by atoms with Crippen molar-refractivity contribution >= 4 is 29.9 Å². The third-order valence-electron chi connectivity index (χ3n) is 4.69. The molecule has 2 fully saturated rings. The molecule has 2 aliphatic heterocycles. The van der Waals surface area contributed by atoms with Crippen LogP contribution in [0.1, 0.15) is 44.2 Å². The van der Waals surface area contributed by atoms with Crippen molar-refractivity contribution in [2.75, 3.05) is 7.05 Å². The van der Waals surface area contributed by atoms with E-state index in [9.17, 15) is 0 Å². The van der Waals surface area contributed by atoms with Crippen LogP contribution in [0.5, 0.6) is 0 Å². The van der Waals surface area contributed by atoms with Crippen molar-refractivity contribution < 1.29 is 9.47 Å². The number of rotatable bonds is 6. The van der Waals surface area contributed by atoms with Crippen molar-refractivity contribution in [3.05, 3.63) is 35.4 Å². The average Bonchev–Trinajstić information content (AvgIpc) is 3.20. The molecule has 1 aromatic rings. The summed E-state index contributed by atoms with van der Waals surface area (Å²) in [7, 11) is 1.82. The van der Waals surface area contributed by atoms with E-state index in [0.717, 1.165) is 25.3 Å². The SMILES string of the molecule is CN=C(NCc1cccc(COC(C)C)c1)NC1CC2CCC1O2.I. The Morgan fingerprint density at radius 1 is 1.32 bits per heavy atom. The highest BCUT2D eigenvalue weighted by molar-refractivity contribution is 14.0. The molecule has 2 saturated heterocycles. The highest BCUT2D eigenvalue weighted by Crippen LogP contribution is 2.34. The molecular formula is C19H30IN3O2. The summed E-state index contributed by atoms with van der Waals surface area (Å²) in [5, 5.41) is 6.92. The van der Waals surface area contributed by atoms with Gasteiger partial charge in [0.1, 0.15) is 0 Å². The number of nitrogens with zero attached hydrogens (tertiary/aromatic N) is 1. The lowest BCUT2D eigenvalue weighted by molar-refractivity contribution is 0.0657. The minimum atomic E-state index is 0. The third kappa shape index (κ3) is 5.82. The lowest BCUT2D eigenvalue weighted by Gasteiger charge is -2.22. The molecule has 0 radical (unpaired) electrons. The van der Waals surface area contributed by atoms with E-state index in [1.165, 1.54) is 17.5 Å². The minimum absolute atomic E-state index is 0. The minimum Gasteiger partial charge on any atom is -0.374 e. The van der Waals surface area contributed by atoms with Crippen molar-refractivity contribution in [3.8, 4) is 0 Å². The van der Waals surface area contributed by atoms with Crippen LogP contribution in [0.2, 0.25) is 0 Å². The summed E-state index contributed by atoms with van der Waals surface area (Å²) in [6.07, 6.45) is 4.51. The number of fused-ring (bicyclic) bond motifs is 2. The summed E-state index contributed by atoms with van der Waals surface area (Å²) in [6.45, 7) is 5.51. The van der Waals surface area contributed by atoms with Crippen LogP contribution in [0.15, 0.2) is 29.3 Å². The van der Waals surface area contributed by atoms with E-state index < -0.39 is 0 Å². The van der Waals surface area contributed by atoms with Crippen LogP contribution >= 0.6 is 24.0 Å². The van der Waals surface area contributed by atoms with Gasteiger partial charge in [0.25, 0.3) is 0 Å². The summed E-state index contributed by atoms with van der Waals surface area (Å²) >= 11 is 0. The van der Waals surface area contributed by atoms with Crippen LogP contribution in [0.4, 0.5) is 0 Å². The molecule has 0 saturated carbocycles. The van der Waals surface area contributed by atoms with Gasteiger partial charge in [-0.2, -0.15) is 0 Å².